The van der Waals surface area contributed by atoms with Gasteiger partial charge in [-0.2, -0.15) is 0 Å². The van der Waals surface area contributed by atoms with Crippen molar-refractivity contribution in [3.63, 3.8) is 0 Å². The zero-order valence-corrected chi connectivity index (χ0v) is 14.2. The molecule has 0 radical (unpaired) electrons. The normalized spacial score (nSPS) is 10.7. The summed E-state index contributed by atoms with van der Waals surface area (Å²) in [5.41, 5.74) is 7.90. The van der Waals surface area contributed by atoms with Gasteiger partial charge >= 0.3 is 0 Å². The fourth-order valence-electron chi connectivity index (χ4n) is 2.15. The Morgan fingerprint density at radius 3 is 2.50 bits per heavy atom. The van der Waals surface area contributed by atoms with E-state index in [4.69, 9.17) is 10.2 Å². The standard InChI is InChI=1S/C18H23N3O3/c1-11(2)9-20-17(22)13-4-5-16(12(3)6-13)21-18(23)14-7-15(8-19)24-10-14/h4-7,10-11H,8-9,19H2,1-3H3,(H,20,22)(H,21,23). The van der Waals surface area contributed by atoms with Crippen LogP contribution in [-0.2, 0) is 6.54 Å². The number of nitrogens with one attached hydrogen (secondary N) is 2. The van der Waals surface area contributed by atoms with Crippen LogP contribution in [0.15, 0.2) is 34.9 Å². The van der Waals surface area contributed by atoms with Crippen LogP contribution in [0.25, 0.3) is 0 Å². The number of carbonyl (C=O) groups excluding carboxylic acids is 2. The highest BCUT2D eigenvalue weighted by molar-refractivity contribution is 6.05. The van der Waals surface area contributed by atoms with Gasteiger partial charge in [0.1, 0.15) is 12.0 Å². The molecule has 0 aliphatic rings. The van der Waals surface area contributed by atoms with E-state index in [1.807, 2.05) is 20.8 Å². The number of nitrogens with two attached hydrogens (primary N) is 1. The third kappa shape index (κ3) is 4.45. The number of amides is 2. The van der Waals surface area contributed by atoms with Crippen LogP contribution in [-0.4, -0.2) is 18.4 Å². The molecule has 0 aliphatic heterocycles. The van der Waals surface area contributed by atoms with Crippen LogP contribution in [0.2, 0.25) is 0 Å². The summed E-state index contributed by atoms with van der Waals surface area (Å²) in [4.78, 5) is 24.3. The van der Waals surface area contributed by atoms with Crippen molar-refractivity contribution in [2.75, 3.05) is 11.9 Å². The first-order valence-electron chi connectivity index (χ1n) is 7.88. The minimum Gasteiger partial charge on any atom is -0.467 e. The van der Waals surface area contributed by atoms with Gasteiger partial charge in [0.2, 0.25) is 0 Å². The van der Waals surface area contributed by atoms with E-state index in [0.717, 1.165) is 5.56 Å². The highest BCUT2D eigenvalue weighted by Crippen LogP contribution is 2.18. The molecule has 0 bridgehead atoms. The maximum Gasteiger partial charge on any atom is 0.258 e. The van der Waals surface area contributed by atoms with Crippen LogP contribution < -0.4 is 16.4 Å². The first kappa shape index (κ1) is 17.7. The molecule has 1 heterocycles. The van der Waals surface area contributed by atoms with Crippen LogP contribution in [0.3, 0.4) is 0 Å². The van der Waals surface area contributed by atoms with Gasteiger partial charge in [-0.3, -0.25) is 9.59 Å². The number of rotatable bonds is 6. The van der Waals surface area contributed by atoms with Gasteiger partial charge in [-0.1, -0.05) is 13.8 Å². The second kappa shape index (κ2) is 7.79. The minimum atomic E-state index is -0.279. The van der Waals surface area contributed by atoms with Gasteiger partial charge < -0.3 is 20.8 Å². The molecular weight excluding hydrogens is 306 g/mol. The number of benzene rings is 1. The molecule has 2 rings (SSSR count). The van der Waals surface area contributed by atoms with Gasteiger partial charge in [-0.25, -0.2) is 0 Å². The molecule has 128 valence electrons. The summed E-state index contributed by atoms with van der Waals surface area (Å²) in [5.74, 6) is 0.543. The molecule has 0 saturated heterocycles. The third-order valence-electron chi connectivity index (χ3n) is 3.52. The summed E-state index contributed by atoms with van der Waals surface area (Å²) in [6, 6.07) is 6.78. The van der Waals surface area contributed by atoms with Gasteiger partial charge in [0.25, 0.3) is 11.8 Å². The lowest BCUT2D eigenvalue weighted by molar-refractivity contribution is 0.0948. The lowest BCUT2D eigenvalue weighted by Crippen LogP contribution is -2.27. The SMILES string of the molecule is Cc1cc(C(=O)NCC(C)C)ccc1NC(=O)c1coc(CN)c1. The Morgan fingerprint density at radius 1 is 1.17 bits per heavy atom. The first-order valence-corrected chi connectivity index (χ1v) is 7.88. The molecule has 4 N–H and O–H groups in total. The smallest absolute Gasteiger partial charge is 0.258 e. The second-order valence-electron chi connectivity index (χ2n) is 6.09. The van der Waals surface area contributed by atoms with Gasteiger partial charge in [-0.05, 0) is 42.7 Å². The fraction of sp³-hybridized carbons (Fsp3) is 0.333. The number of furan rings is 1. The Kier molecular flexibility index (Phi) is 5.76. The van der Waals surface area contributed by atoms with E-state index in [0.29, 0.717) is 35.0 Å². The van der Waals surface area contributed by atoms with E-state index in [1.165, 1.54) is 6.26 Å². The topological polar surface area (TPSA) is 97.4 Å². The second-order valence-corrected chi connectivity index (χ2v) is 6.09. The van der Waals surface area contributed by atoms with Crippen LogP contribution in [0.1, 0.15) is 45.9 Å². The molecule has 24 heavy (non-hydrogen) atoms. The zero-order chi connectivity index (χ0) is 17.7. The predicted molar refractivity (Wildman–Crippen MR) is 92.9 cm³/mol. The largest absolute Gasteiger partial charge is 0.467 e. The van der Waals surface area contributed by atoms with E-state index in [-0.39, 0.29) is 18.4 Å². The molecule has 6 heteroatoms. The van der Waals surface area contributed by atoms with Crippen molar-refractivity contribution in [3.8, 4) is 0 Å². The monoisotopic (exact) mass is 329 g/mol. The van der Waals surface area contributed by atoms with Gasteiger partial charge in [0.15, 0.2) is 0 Å². The lowest BCUT2D eigenvalue weighted by Gasteiger charge is -2.11. The highest BCUT2D eigenvalue weighted by Gasteiger charge is 2.13. The van der Waals surface area contributed by atoms with Gasteiger partial charge in [0, 0.05) is 17.8 Å². The van der Waals surface area contributed by atoms with E-state index in [9.17, 15) is 9.59 Å². The summed E-state index contributed by atoms with van der Waals surface area (Å²) >= 11 is 0. The maximum absolute atomic E-state index is 12.2. The molecule has 0 aliphatic carbocycles. The average molecular weight is 329 g/mol. The number of anilines is 1. The van der Waals surface area contributed by atoms with Crippen LogP contribution in [0.4, 0.5) is 5.69 Å². The van der Waals surface area contributed by atoms with Crippen molar-refractivity contribution in [3.05, 3.63) is 53.0 Å². The minimum absolute atomic E-state index is 0.118. The number of hydrogen-bond acceptors (Lipinski definition) is 4. The van der Waals surface area contributed by atoms with Gasteiger partial charge in [-0.15, -0.1) is 0 Å². The Labute approximate surface area is 141 Å². The highest BCUT2D eigenvalue weighted by atomic mass is 16.3. The molecule has 0 spiro atoms. The Hall–Kier alpha value is -2.60. The van der Waals surface area contributed by atoms with Crippen molar-refractivity contribution in [1.29, 1.82) is 0 Å². The zero-order valence-electron chi connectivity index (χ0n) is 14.2. The van der Waals surface area contributed by atoms with E-state index in [1.54, 1.807) is 24.3 Å². The first-order chi connectivity index (χ1) is 11.4. The molecule has 1 aromatic carbocycles. The molecule has 2 aromatic rings. The maximum atomic E-state index is 12.2. The van der Waals surface area contributed by atoms with Crippen molar-refractivity contribution >= 4 is 17.5 Å². The van der Waals surface area contributed by atoms with Gasteiger partial charge in [0.05, 0.1) is 12.1 Å². The Morgan fingerprint density at radius 2 is 1.92 bits per heavy atom. The van der Waals surface area contributed by atoms with E-state index < -0.39 is 0 Å². The molecule has 2 amide bonds. The molecule has 0 atom stereocenters. The molecule has 0 unspecified atom stereocenters. The molecule has 1 aromatic heterocycles. The summed E-state index contributed by atoms with van der Waals surface area (Å²) in [5, 5.41) is 5.68. The summed E-state index contributed by atoms with van der Waals surface area (Å²) in [6.07, 6.45) is 1.38. The summed E-state index contributed by atoms with van der Waals surface area (Å²) in [7, 11) is 0. The van der Waals surface area contributed by atoms with Crippen LogP contribution >= 0.6 is 0 Å². The van der Waals surface area contributed by atoms with Crippen molar-refractivity contribution in [2.24, 2.45) is 11.7 Å². The molecule has 6 nitrogen and oxygen atoms in total. The van der Waals surface area contributed by atoms with Crippen LogP contribution in [0.5, 0.6) is 0 Å². The lowest BCUT2D eigenvalue weighted by atomic mass is 10.1. The molecular formula is C18H23N3O3. The van der Waals surface area contributed by atoms with E-state index in [2.05, 4.69) is 10.6 Å². The summed E-state index contributed by atoms with van der Waals surface area (Å²) in [6.45, 7) is 6.79. The third-order valence-corrected chi connectivity index (χ3v) is 3.52. The van der Waals surface area contributed by atoms with E-state index >= 15 is 0 Å². The Bertz CT molecular complexity index is 735. The number of carbonyl (C=O) groups is 2. The predicted octanol–water partition coefficient (Wildman–Crippen LogP) is 2.68. The Balaban J connectivity index is 2.06. The van der Waals surface area contributed by atoms with Crippen LogP contribution in [0, 0.1) is 12.8 Å². The number of hydrogen-bond donors (Lipinski definition) is 3. The quantitative estimate of drug-likeness (QED) is 0.759. The van der Waals surface area contributed by atoms with Crippen molar-refractivity contribution < 1.29 is 14.0 Å². The number of aryl methyl sites for hydroxylation is 1. The average Bonchev–Trinajstić information content (AvgIpc) is 3.03. The summed E-state index contributed by atoms with van der Waals surface area (Å²) < 4.78 is 5.16. The molecule has 0 fully saturated rings. The van der Waals surface area contributed by atoms with Crippen molar-refractivity contribution in [1.82, 2.24) is 5.32 Å². The molecule has 0 saturated carbocycles. The fourth-order valence-corrected chi connectivity index (χ4v) is 2.15. The van der Waals surface area contributed by atoms with Crippen molar-refractivity contribution in [2.45, 2.75) is 27.3 Å².